The Kier molecular flexibility index (Phi) is 6.91. The lowest BCUT2D eigenvalue weighted by Gasteiger charge is -2.32. The van der Waals surface area contributed by atoms with Crippen molar-refractivity contribution < 1.29 is 9.59 Å². The molecule has 0 unspecified atom stereocenters. The Morgan fingerprint density at radius 2 is 2.03 bits per heavy atom. The van der Waals surface area contributed by atoms with Crippen LogP contribution in [-0.2, 0) is 17.6 Å². The van der Waals surface area contributed by atoms with Gasteiger partial charge in [0, 0.05) is 56.5 Å². The van der Waals surface area contributed by atoms with Crippen molar-refractivity contribution in [3.63, 3.8) is 0 Å². The Morgan fingerprint density at radius 3 is 2.80 bits per heavy atom. The van der Waals surface area contributed by atoms with Gasteiger partial charge in [0.15, 0.2) is 5.13 Å². The number of hydrogen-bond donors (Lipinski definition) is 2. The summed E-state index contributed by atoms with van der Waals surface area (Å²) in [4.78, 5) is 37.1. The number of anilines is 1. The second-order valence-electron chi connectivity index (χ2n) is 7.82. The maximum absolute atomic E-state index is 12.5. The van der Waals surface area contributed by atoms with Crippen molar-refractivity contribution in [2.45, 2.75) is 38.1 Å². The molecule has 0 aliphatic carbocycles. The molecule has 4 rings (SSSR count). The van der Waals surface area contributed by atoms with E-state index in [2.05, 4.69) is 37.6 Å². The van der Waals surface area contributed by atoms with Crippen molar-refractivity contribution in [1.29, 1.82) is 0 Å². The monoisotopic (exact) mass is 428 g/mol. The molecule has 8 nitrogen and oxygen atoms in total. The fourth-order valence-electron chi connectivity index (χ4n) is 3.89. The zero-order chi connectivity index (χ0) is 20.8. The van der Waals surface area contributed by atoms with Gasteiger partial charge in [-0.15, -0.1) is 11.3 Å². The van der Waals surface area contributed by atoms with Gasteiger partial charge in [-0.2, -0.15) is 0 Å². The second kappa shape index (κ2) is 9.99. The number of rotatable bonds is 7. The van der Waals surface area contributed by atoms with E-state index >= 15 is 0 Å². The van der Waals surface area contributed by atoms with Crippen molar-refractivity contribution >= 4 is 28.4 Å². The Morgan fingerprint density at radius 1 is 1.23 bits per heavy atom. The number of nitrogens with one attached hydrogen (secondary N) is 2. The van der Waals surface area contributed by atoms with Crippen LogP contribution in [0.3, 0.4) is 0 Å². The minimum atomic E-state index is -0.109. The molecule has 2 fully saturated rings. The number of pyridine rings is 1. The zero-order valence-corrected chi connectivity index (χ0v) is 17.9. The van der Waals surface area contributed by atoms with Gasteiger partial charge in [0.05, 0.1) is 12.1 Å². The van der Waals surface area contributed by atoms with Crippen LogP contribution < -0.4 is 15.5 Å². The number of urea groups is 1. The predicted octanol–water partition coefficient (Wildman–Crippen LogP) is 1.82. The van der Waals surface area contributed by atoms with Gasteiger partial charge < -0.3 is 15.5 Å². The third-order valence-corrected chi connectivity index (χ3v) is 6.52. The first kappa shape index (κ1) is 20.7. The van der Waals surface area contributed by atoms with Gasteiger partial charge in [-0.05, 0) is 43.4 Å². The minimum Gasteiger partial charge on any atom is -0.353 e. The lowest BCUT2D eigenvalue weighted by Crippen LogP contribution is -2.46. The van der Waals surface area contributed by atoms with Crippen molar-refractivity contribution in [2.75, 3.05) is 37.6 Å². The van der Waals surface area contributed by atoms with E-state index in [-0.39, 0.29) is 24.4 Å². The SMILES string of the molecule is O=C(Cc1csc(N2CCCNC2=O)n1)NC1CCN(CCc2ccncc2)CC1. The number of piperidine rings is 1. The highest BCUT2D eigenvalue weighted by Gasteiger charge is 2.23. The van der Waals surface area contributed by atoms with E-state index in [0.29, 0.717) is 18.2 Å². The van der Waals surface area contributed by atoms with Gasteiger partial charge in [-0.1, -0.05) is 0 Å². The summed E-state index contributed by atoms with van der Waals surface area (Å²) in [5.41, 5.74) is 2.03. The van der Waals surface area contributed by atoms with Crippen LogP contribution in [-0.4, -0.2) is 65.6 Å². The summed E-state index contributed by atoms with van der Waals surface area (Å²) in [7, 11) is 0. The van der Waals surface area contributed by atoms with E-state index < -0.39 is 0 Å². The molecule has 0 bridgehead atoms. The molecule has 0 atom stereocenters. The third kappa shape index (κ3) is 5.54. The molecule has 2 aliphatic rings. The van der Waals surface area contributed by atoms with Crippen LogP contribution in [0.2, 0.25) is 0 Å². The van der Waals surface area contributed by atoms with Gasteiger partial charge in [-0.3, -0.25) is 14.7 Å². The van der Waals surface area contributed by atoms with Crippen LogP contribution in [0.5, 0.6) is 0 Å². The minimum absolute atomic E-state index is 0.00480. The molecule has 0 spiro atoms. The molecule has 4 heterocycles. The molecular formula is C21H28N6O2S. The van der Waals surface area contributed by atoms with Crippen LogP contribution >= 0.6 is 11.3 Å². The van der Waals surface area contributed by atoms with Gasteiger partial charge in [0.1, 0.15) is 0 Å². The Hall–Kier alpha value is -2.52. The summed E-state index contributed by atoms with van der Waals surface area (Å²) >= 11 is 1.42. The highest BCUT2D eigenvalue weighted by molar-refractivity contribution is 7.14. The molecule has 9 heteroatoms. The number of nitrogens with zero attached hydrogens (tertiary/aromatic N) is 4. The number of carbonyl (C=O) groups is 2. The number of hydrogen-bond acceptors (Lipinski definition) is 6. The van der Waals surface area contributed by atoms with Gasteiger partial charge in [0.2, 0.25) is 5.91 Å². The molecule has 2 aliphatic heterocycles. The van der Waals surface area contributed by atoms with E-state index in [4.69, 9.17) is 0 Å². The maximum Gasteiger partial charge on any atom is 0.323 e. The molecule has 2 aromatic rings. The molecule has 2 aromatic heterocycles. The van der Waals surface area contributed by atoms with Crippen LogP contribution in [0.1, 0.15) is 30.5 Å². The number of carbonyl (C=O) groups excluding carboxylic acids is 2. The smallest absolute Gasteiger partial charge is 0.323 e. The molecule has 3 amide bonds. The predicted molar refractivity (Wildman–Crippen MR) is 117 cm³/mol. The van der Waals surface area contributed by atoms with Gasteiger partial charge >= 0.3 is 6.03 Å². The molecule has 0 saturated carbocycles. The van der Waals surface area contributed by atoms with Crippen LogP contribution in [0.15, 0.2) is 29.9 Å². The second-order valence-corrected chi connectivity index (χ2v) is 8.66. The van der Waals surface area contributed by atoms with E-state index in [1.807, 2.05) is 17.8 Å². The highest BCUT2D eigenvalue weighted by Crippen LogP contribution is 2.22. The van der Waals surface area contributed by atoms with Crippen LogP contribution in [0.25, 0.3) is 0 Å². The zero-order valence-electron chi connectivity index (χ0n) is 17.0. The standard InChI is InChI=1S/C21H28N6O2S/c28-19(14-18-15-30-21(25-18)27-10-1-7-23-20(27)29)24-17-5-12-26(13-6-17)11-4-16-2-8-22-9-3-16/h2-3,8-9,15,17H,1,4-7,10-14H2,(H,23,29)(H,24,28). The Labute approximate surface area is 180 Å². The van der Waals surface area contributed by atoms with Crippen molar-refractivity contribution in [2.24, 2.45) is 0 Å². The Bertz CT molecular complexity index is 850. The molecule has 2 N–H and O–H groups in total. The van der Waals surface area contributed by atoms with E-state index in [1.54, 1.807) is 4.90 Å². The van der Waals surface area contributed by atoms with Gasteiger partial charge in [-0.25, -0.2) is 9.78 Å². The fraction of sp³-hybridized carbons (Fsp3) is 0.524. The van der Waals surface area contributed by atoms with Crippen molar-refractivity contribution in [3.8, 4) is 0 Å². The summed E-state index contributed by atoms with van der Waals surface area (Å²) in [5.74, 6) is 0.00480. The van der Waals surface area contributed by atoms with E-state index in [9.17, 15) is 9.59 Å². The molecule has 160 valence electrons. The number of aromatic nitrogens is 2. The molecular weight excluding hydrogens is 400 g/mol. The number of thiazole rings is 1. The average Bonchev–Trinajstić information content (AvgIpc) is 3.22. The summed E-state index contributed by atoms with van der Waals surface area (Å²) < 4.78 is 0. The first-order valence-electron chi connectivity index (χ1n) is 10.6. The molecule has 2 saturated heterocycles. The lowest BCUT2D eigenvalue weighted by molar-refractivity contribution is -0.121. The normalized spacial score (nSPS) is 18.3. The van der Waals surface area contributed by atoms with Gasteiger partial charge in [0.25, 0.3) is 0 Å². The largest absolute Gasteiger partial charge is 0.353 e. The quantitative estimate of drug-likeness (QED) is 0.702. The fourth-order valence-corrected chi connectivity index (χ4v) is 4.74. The number of likely N-dealkylation sites (tertiary alicyclic amines) is 1. The van der Waals surface area contributed by atoms with Crippen molar-refractivity contribution in [1.82, 2.24) is 25.5 Å². The number of amides is 3. The van der Waals surface area contributed by atoms with E-state index in [0.717, 1.165) is 51.0 Å². The maximum atomic E-state index is 12.5. The summed E-state index contributed by atoms with van der Waals surface area (Å²) in [5, 5.41) is 8.52. The summed E-state index contributed by atoms with van der Waals surface area (Å²) in [6.07, 6.45) is 7.81. The average molecular weight is 429 g/mol. The molecule has 0 aromatic carbocycles. The lowest BCUT2D eigenvalue weighted by atomic mass is 10.0. The van der Waals surface area contributed by atoms with Crippen LogP contribution in [0.4, 0.5) is 9.93 Å². The third-order valence-electron chi connectivity index (χ3n) is 5.61. The molecule has 0 radical (unpaired) electrons. The van der Waals surface area contributed by atoms with E-state index in [1.165, 1.54) is 16.9 Å². The molecule has 30 heavy (non-hydrogen) atoms. The van der Waals surface area contributed by atoms with Crippen LogP contribution in [0, 0.1) is 0 Å². The highest BCUT2D eigenvalue weighted by atomic mass is 32.1. The van der Waals surface area contributed by atoms with Crippen molar-refractivity contribution in [3.05, 3.63) is 41.2 Å². The topological polar surface area (TPSA) is 90.5 Å². The summed E-state index contributed by atoms with van der Waals surface area (Å²) in [6.45, 7) is 4.42. The summed E-state index contributed by atoms with van der Waals surface area (Å²) in [6, 6.07) is 4.24. The first-order valence-corrected chi connectivity index (χ1v) is 11.5. The first-order chi connectivity index (χ1) is 14.7. The Balaban J connectivity index is 1.18.